The fourth-order valence-electron chi connectivity index (χ4n) is 1.72. The van der Waals surface area contributed by atoms with Crippen LogP contribution >= 0.6 is 15.9 Å². The molecule has 2 aromatic rings. The lowest BCUT2D eigenvalue weighted by atomic mass is 10.1. The lowest BCUT2D eigenvalue weighted by Crippen LogP contribution is -2.01. The van der Waals surface area contributed by atoms with E-state index in [0.717, 1.165) is 21.8 Å². The maximum atomic E-state index is 13.1. The van der Waals surface area contributed by atoms with Crippen molar-refractivity contribution in [3.05, 3.63) is 57.8 Å². The van der Waals surface area contributed by atoms with Crippen molar-refractivity contribution in [3.8, 4) is 5.75 Å². The Morgan fingerprint density at radius 1 is 1.22 bits per heavy atom. The van der Waals surface area contributed by atoms with Crippen LogP contribution in [-0.2, 0) is 6.54 Å². The predicted molar refractivity (Wildman–Crippen MR) is 74.3 cm³/mol. The molecule has 18 heavy (non-hydrogen) atoms. The number of halogens is 2. The summed E-state index contributed by atoms with van der Waals surface area (Å²) >= 11 is 3.41. The van der Waals surface area contributed by atoms with E-state index in [9.17, 15) is 9.50 Å². The van der Waals surface area contributed by atoms with E-state index in [0.29, 0.717) is 12.1 Å². The van der Waals surface area contributed by atoms with Crippen molar-refractivity contribution in [1.82, 2.24) is 0 Å². The highest BCUT2D eigenvalue weighted by Crippen LogP contribution is 2.22. The predicted octanol–water partition coefficient (Wildman–Crippen LogP) is 4.21. The lowest BCUT2D eigenvalue weighted by molar-refractivity contribution is 0.468. The van der Waals surface area contributed by atoms with Gasteiger partial charge in [-0.25, -0.2) is 4.39 Å². The molecule has 2 aromatic carbocycles. The first kappa shape index (κ1) is 12.9. The Balaban J connectivity index is 2.13. The molecule has 0 aliphatic rings. The molecule has 4 heteroatoms. The molecule has 0 atom stereocenters. The summed E-state index contributed by atoms with van der Waals surface area (Å²) in [5.41, 5.74) is 2.79. The molecule has 0 fully saturated rings. The second-order valence-corrected chi connectivity index (χ2v) is 5.05. The number of benzene rings is 2. The Kier molecular flexibility index (Phi) is 3.87. The van der Waals surface area contributed by atoms with Gasteiger partial charge in [0.1, 0.15) is 11.6 Å². The van der Waals surface area contributed by atoms with E-state index in [1.807, 2.05) is 25.1 Å². The van der Waals surface area contributed by atoms with Crippen LogP contribution in [0.15, 0.2) is 40.9 Å². The van der Waals surface area contributed by atoms with Crippen LogP contribution in [0.5, 0.6) is 5.75 Å². The molecule has 2 rings (SSSR count). The van der Waals surface area contributed by atoms with Gasteiger partial charge >= 0.3 is 0 Å². The summed E-state index contributed by atoms with van der Waals surface area (Å²) in [4.78, 5) is 0. The topological polar surface area (TPSA) is 32.3 Å². The third-order valence-corrected chi connectivity index (χ3v) is 3.12. The molecule has 94 valence electrons. The fraction of sp³-hybridized carbons (Fsp3) is 0.143. The highest BCUT2D eigenvalue weighted by molar-refractivity contribution is 9.10. The third kappa shape index (κ3) is 3.23. The third-order valence-electron chi connectivity index (χ3n) is 2.62. The molecule has 0 spiro atoms. The molecule has 2 nitrogen and oxygen atoms in total. The maximum absolute atomic E-state index is 13.1. The summed E-state index contributed by atoms with van der Waals surface area (Å²) in [5, 5.41) is 12.5. The Morgan fingerprint density at radius 2 is 2.00 bits per heavy atom. The monoisotopic (exact) mass is 309 g/mol. The van der Waals surface area contributed by atoms with E-state index < -0.39 is 5.82 Å². The van der Waals surface area contributed by atoms with Crippen molar-refractivity contribution in [1.29, 1.82) is 0 Å². The maximum Gasteiger partial charge on any atom is 0.127 e. The normalized spacial score (nSPS) is 10.4. The molecule has 0 saturated carbocycles. The number of phenolic OH excluding ortho intramolecular Hbond substituents is 1. The smallest absolute Gasteiger partial charge is 0.127 e. The van der Waals surface area contributed by atoms with Crippen LogP contribution in [0.3, 0.4) is 0 Å². The number of anilines is 1. The van der Waals surface area contributed by atoms with Crippen LogP contribution in [0.1, 0.15) is 11.1 Å². The van der Waals surface area contributed by atoms with Gasteiger partial charge in [-0.15, -0.1) is 0 Å². The Labute approximate surface area is 114 Å². The Hall–Kier alpha value is -1.55. The van der Waals surface area contributed by atoms with Crippen molar-refractivity contribution in [2.75, 3.05) is 5.32 Å². The van der Waals surface area contributed by atoms with E-state index >= 15 is 0 Å². The molecule has 0 aromatic heterocycles. The number of hydrogen-bond acceptors (Lipinski definition) is 2. The molecular weight excluding hydrogens is 297 g/mol. The van der Waals surface area contributed by atoms with Gasteiger partial charge in [-0.1, -0.05) is 22.0 Å². The van der Waals surface area contributed by atoms with Crippen LogP contribution in [0, 0.1) is 12.7 Å². The number of nitrogens with one attached hydrogen (secondary N) is 1. The van der Waals surface area contributed by atoms with E-state index in [1.54, 1.807) is 6.07 Å². The van der Waals surface area contributed by atoms with Crippen LogP contribution in [0.2, 0.25) is 0 Å². The van der Waals surface area contributed by atoms with Gasteiger partial charge in [0.15, 0.2) is 0 Å². The minimum absolute atomic E-state index is 0.0576. The van der Waals surface area contributed by atoms with Gasteiger partial charge in [-0.2, -0.15) is 0 Å². The summed E-state index contributed by atoms with van der Waals surface area (Å²) < 4.78 is 14.1. The molecule has 0 unspecified atom stereocenters. The molecule has 2 N–H and O–H groups in total. The summed E-state index contributed by atoms with van der Waals surface area (Å²) in [7, 11) is 0. The number of hydrogen-bond donors (Lipinski definition) is 2. The summed E-state index contributed by atoms with van der Waals surface area (Å²) in [6, 6.07) is 9.97. The van der Waals surface area contributed by atoms with E-state index in [1.165, 1.54) is 6.07 Å². The molecule has 0 radical (unpaired) electrons. The second kappa shape index (κ2) is 5.40. The molecule has 0 saturated heterocycles. The van der Waals surface area contributed by atoms with Crippen LogP contribution in [0.25, 0.3) is 0 Å². The van der Waals surface area contributed by atoms with Gasteiger partial charge in [0, 0.05) is 22.8 Å². The van der Waals surface area contributed by atoms with Gasteiger partial charge in [0.05, 0.1) is 0 Å². The quantitative estimate of drug-likeness (QED) is 0.890. The molecule has 0 amide bonds. The van der Waals surface area contributed by atoms with Crippen molar-refractivity contribution in [2.45, 2.75) is 13.5 Å². The minimum atomic E-state index is -0.433. The first-order valence-corrected chi connectivity index (χ1v) is 6.32. The summed E-state index contributed by atoms with van der Waals surface area (Å²) in [6.45, 7) is 2.46. The first-order valence-electron chi connectivity index (χ1n) is 5.53. The summed E-state index contributed by atoms with van der Waals surface area (Å²) in [6.07, 6.45) is 0. The minimum Gasteiger partial charge on any atom is -0.508 e. The first-order chi connectivity index (χ1) is 8.54. The highest BCUT2D eigenvalue weighted by atomic mass is 79.9. The number of rotatable bonds is 3. The second-order valence-electron chi connectivity index (χ2n) is 4.13. The number of aromatic hydroxyl groups is 1. The van der Waals surface area contributed by atoms with Gasteiger partial charge in [-0.3, -0.25) is 0 Å². The standard InChI is InChI=1S/C14H13BrFNO/c1-9-2-3-11(15)6-14(9)17-8-10-4-12(16)7-13(18)5-10/h2-7,17-18H,8H2,1H3. The van der Waals surface area contributed by atoms with Crippen molar-refractivity contribution in [3.63, 3.8) is 0 Å². The van der Waals surface area contributed by atoms with E-state index in [2.05, 4.69) is 21.2 Å². The van der Waals surface area contributed by atoms with E-state index in [-0.39, 0.29) is 5.75 Å². The Bertz CT molecular complexity index is 551. The highest BCUT2D eigenvalue weighted by Gasteiger charge is 2.02. The van der Waals surface area contributed by atoms with E-state index in [4.69, 9.17) is 0 Å². The Morgan fingerprint density at radius 3 is 2.72 bits per heavy atom. The molecule has 0 heterocycles. The largest absolute Gasteiger partial charge is 0.508 e. The zero-order valence-corrected chi connectivity index (χ0v) is 11.5. The number of aryl methyl sites for hydroxylation is 1. The number of phenols is 1. The zero-order chi connectivity index (χ0) is 13.1. The molecule has 0 aliphatic heterocycles. The SMILES string of the molecule is Cc1ccc(Br)cc1NCc1cc(O)cc(F)c1. The van der Waals surface area contributed by atoms with Gasteiger partial charge in [0.2, 0.25) is 0 Å². The van der Waals surface area contributed by atoms with Crippen molar-refractivity contribution >= 4 is 21.6 Å². The average molecular weight is 310 g/mol. The van der Waals surface area contributed by atoms with Crippen molar-refractivity contribution < 1.29 is 9.50 Å². The van der Waals surface area contributed by atoms with Gasteiger partial charge < -0.3 is 10.4 Å². The van der Waals surface area contributed by atoms with Crippen LogP contribution in [-0.4, -0.2) is 5.11 Å². The zero-order valence-electron chi connectivity index (χ0n) is 9.87. The average Bonchev–Trinajstić information content (AvgIpc) is 2.29. The summed E-state index contributed by atoms with van der Waals surface area (Å²) in [5.74, 6) is -0.490. The fourth-order valence-corrected chi connectivity index (χ4v) is 2.08. The molecular formula is C14H13BrFNO. The lowest BCUT2D eigenvalue weighted by Gasteiger charge is -2.10. The van der Waals surface area contributed by atoms with Crippen molar-refractivity contribution in [2.24, 2.45) is 0 Å². The van der Waals surface area contributed by atoms with Gasteiger partial charge in [-0.05, 0) is 42.3 Å². The van der Waals surface area contributed by atoms with Gasteiger partial charge in [0.25, 0.3) is 0 Å². The molecule has 0 aliphatic carbocycles. The molecule has 0 bridgehead atoms. The van der Waals surface area contributed by atoms with Crippen LogP contribution in [0.4, 0.5) is 10.1 Å². The van der Waals surface area contributed by atoms with Crippen LogP contribution < -0.4 is 5.32 Å².